The van der Waals surface area contributed by atoms with Gasteiger partial charge in [0.1, 0.15) is 0 Å². The third-order valence-corrected chi connectivity index (χ3v) is 5.65. The van der Waals surface area contributed by atoms with Crippen LogP contribution >= 0.6 is 23.2 Å². The summed E-state index contributed by atoms with van der Waals surface area (Å²) >= 11 is 11.8. The van der Waals surface area contributed by atoms with E-state index in [-0.39, 0.29) is 33.3 Å². The molecule has 2 unspecified atom stereocenters. The fourth-order valence-electron chi connectivity index (χ4n) is 3.57. The molecule has 2 aliphatic heterocycles. The average Bonchev–Trinajstić information content (AvgIpc) is 3.37. The van der Waals surface area contributed by atoms with E-state index < -0.39 is 11.8 Å². The number of hydroxylamine groups is 2. The van der Waals surface area contributed by atoms with E-state index in [4.69, 9.17) is 32.9 Å². The summed E-state index contributed by atoms with van der Waals surface area (Å²) in [5.41, 5.74) is 3.52. The second-order valence-electron chi connectivity index (χ2n) is 7.51. The lowest BCUT2D eigenvalue weighted by Crippen LogP contribution is -2.42. The highest BCUT2D eigenvalue weighted by Crippen LogP contribution is 2.48. The standard InChI is InChI=1S/C21H18Cl2F3N3O3/c1-11-4-12(2-3-17(11)19(30)28-16-9-27-31-10-16)18-8-20(32-29-18,21(24,25)26)13-5-14(22)7-15(23)6-13/h2-8,16,27,29H,9-10H2,1H3,(H,28,30). The van der Waals surface area contributed by atoms with E-state index in [0.29, 0.717) is 29.8 Å². The Balaban J connectivity index is 1.66. The highest BCUT2D eigenvalue weighted by molar-refractivity contribution is 6.34. The molecular formula is C21H18Cl2F3N3O3. The van der Waals surface area contributed by atoms with Crippen molar-refractivity contribution in [2.75, 3.05) is 13.2 Å². The molecule has 2 aromatic rings. The number of carbonyl (C=O) groups is 1. The van der Waals surface area contributed by atoms with Crippen LogP contribution in [0.15, 0.2) is 42.5 Å². The minimum atomic E-state index is -4.80. The van der Waals surface area contributed by atoms with Gasteiger partial charge in [-0.15, -0.1) is 0 Å². The van der Waals surface area contributed by atoms with Crippen LogP contribution in [0.4, 0.5) is 13.2 Å². The third kappa shape index (κ3) is 4.31. The Morgan fingerprint density at radius 1 is 1.19 bits per heavy atom. The van der Waals surface area contributed by atoms with Crippen molar-refractivity contribution in [3.63, 3.8) is 0 Å². The maximum absolute atomic E-state index is 14.1. The van der Waals surface area contributed by atoms with E-state index in [1.165, 1.54) is 6.07 Å². The van der Waals surface area contributed by atoms with Gasteiger partial charge in [0.25, 0.3) is 5.91 Å². The number of benzene rings is 2. The molecule has 2 aromatic carbocycles. The van der Waals surface area contributed by atoms with Gasteiger partial charge in [0.15, 0.2) is 0 Å². The van der Waals surface area contributed by atoms with Gasteiger partial charge in [0.2, 0.25) is 5.60 Å². The number of amides is 1. The normalized spacial score (nSPS) is 23.1. The van der Waals surface area contributed by atoms with Crippen molar-refractivity contribution in [2.45, 2.75) is 24.7 Å². The predicted molar refractivity (Wildman–Crippen MR) is 113 cm³/mol. The summed E-state index contributed by atoms with van der Waals surface area (Å²) in [5, 5.41) is 2.94. The fourth-order valence-corrected chi connectivity index (χ4v) is 4.10. The molecule has 1 fully saturated rings. The molecule has 0 aromatic heterocycles. The van der Waals surface area contributed by atoms with Crippen LogP contribution in [0.5, 0.6) is 0 Å². The van der Waals surface area contributed by atoms with Gasteiger partial charge in [-0.2, -0.15) is 13.2 Å². The number of aryl methyl sites for hydroxylation is 1. The van der Waals surface area contributed by atoms with Gasteiger partial charge in [0, 0.05) is 27.7 Å². The van der Waals surface area contributed by atoms with Crippen molar-refractivity contribution in [1.82, 2.24) is 16.3 Å². The minimum absolute atomic E-state index is 0.0515. The van der Waals surface area contributed by atoms with Crippen molar-refractivity contribution in [1.29, 1.82) is 0 Å². The van der Waals surface area contributed by atoms with Gasteiger partial charge in [-0.3, -0.25) is 19.9 Å². The van der Waals surface area contributed by atoms with E-state index in [2.05, 4.69) is 16.3 Å². The summed E-state index contributed by atoms with van der Waals surface area (Å²) in [4.78, 5) is 22.6. The molecule has 2 atom stereocenters. The van der Waals surface area contributed by atoms with Gasteiger partial charge in [0.05, 0.1) is 18.3 Å². The van der Waals surface area contributed by atoms with Crippen LogP contribution in [0.25, 0.3) is 5.70 Å². The zero-order valence-corrected chi connectivity index (χ0v) is 18.2. The summed E-state index contributed by atoms with van der Waals surface area (Å²) < 4.78 is 42.4. The molecule has 6 nitrogen and oxygen atoms in total. The molecule has 32 heavy (non-hydrogen) atoms. The molecule has 2 aliphatic rings. The fraction of sp³-hybridized carbons (Fsp3) is 0.286. The molecule has 3 N–H and O–H groups in total. The molecule has 1 saturated heterocycles. The second-order valence-corrected chi connectivity index (χ2v) is 8.39. The molecule has 0 spiro atoms. The van der Waals surface area contributed by atoms with Crippen molar-refractivity contribution >= 4 is 34.8 Å². The minimum Gasteiger partial charge on any atom is -0.346 e. The molecule has 0 radical (unpaired) electrons. The van der Waals surface area contributed by atoms with E-state index >= 15 is 0 Å². The quantitative estimate of drug-likeness (QED) is 0.600. The summed E-state index contributed by atoms with van der Waals surface area (Å²) in [6, 6.07) is 8.19. The first-order valence-corrected chi connectivity index (χ1v) is 10.3. The molecular weight excluding hydrogens is 470 g/mol. The first-order valence-electron chi connectivity index (χ1n) is 9.56. The van der Waals surface area contributed by atoms with Gasteiger partial charge in [-0.1, -0.05) is 29.3 Å². The van der Waals surface area contributed by atoms with Crippen LogP contribution in [0.1, 0.15) is 27.0 Å². The predicted octanol–water partition coefficient (Wildman–Crippen LogP) is 4.27. The number of carbonyl (C=O) groups excluding carboxylic acids is 1. The lowest BCUT2D eigenvalue weighted by molar-refractivity contribution is -0.269. The van der Waals surface area contributed by atoms with E-state index in [0.717, 1.165) is 18.2 Å². The van der Waals surface area contributed by atoms with Crippen molar-refractivity contribution in [3.05, 3.63) is 74.8 Å². The monoisotopic (exact) mass is 487 g/mol. The Bertz CT molecular complexity index is 1070. The van der Waals surface area contributed by atoms with Crippen LogP contribution in [-0.2, 0) is 15.3 Å². The van der Waals surface area contributed by atoms with Crippen LogP contribution in [0.2, 0.25) is 10.0 Å². The Morgan fingerprint density at radius 3 is 2.50 bits per heavy atom. The number of hydrogen-bond acceptors (Lipinski definition) is 5. The summed E-state index contributed by atoms with van der Waals surface area (Å²) in [5.74, 6) is -0.297. The Hall–Kier alpha value is -2.30. The SMILES string of the molecule is Cc1cc(C2=CC(c3cc(Cl)cc(Cl)c3)(C(F)(F)F)ON2)ccc1C(=O)NC1CNOC1. The maximum Gasteiger partial charge on any atom is 0.428 e. The molecule has 170 valence electrons. The molecule has 4 rings (SSSR count). The largest absolute Gasteiger partial charge is 0.428 e. The van der Waals surface area contributed by atoms with Crippen molar-refractivity contribution in [2.24, 2.45) is 0 Å². The molecule has 0 saturated carbocycles. The first-order chi connectivity index (χ1) is 15.1. The van der Waals surface area contributed by atoms with Gasteiger partial charge >= 0.3 is 6.18 Å². The average molecular weight is 488 g/mol. The summed E-state index contributed by atoms with van der Waals surface area (Å²) in [6.07, 6.45) is -3.87. The van der Waals surface area contributed by atoms with Crippen LogP contribution < -0.4 is 16.3 Å². The van der Waals surface area contributed by atoms with E-state index in [1.807, 2.05) is 0 Å². The topological polar surface area (TPSA) is 71.6 Å². The highest BCUT2D eigenvalue weighted by atomic mass is 35.5. The first kappa shape index (κ1) is 22.9. The summed E-state index contributed by atoms with van der Waals surface area (Å²) in [7, 11) is 0. The van der Waals surface area contributed by atoms with E-state index in [9.17, 15) is 18.0 Å². The van der Waals surface area contributed by atoms with Gasteiger partial charge in [-0.05, 0) is 54.5 Å². The van der Waals surface area contributed by atoms with Crippen LogP contribution in [-0.4, -0.2) is 31.3 Å². The Kier molecular flexibility index (Phi) is 6.12. The number of nitrogens with one attached hydrogen (secondary N) is 3. The van der Waals surface area contributed by atoms with Crippen molar-refractivity contribution in [3.8, 4) is 0 Å². The molecule has 0 aliphatic carbocycles. The van der Waals surface area contributed by atoms with Crippen LogP contribution in [0.3, 0.4) is 0 Å². The molecule has 0 bridgehead atoms. The van der Waals surface area contributed by atoms with Crippen molar-refractivity contribution < 1.29 is 27.6 Å². The number of rotatable bonds is 4. The van der Waals surface area contributed by atoms with Crippen LogP contribution in [0, 0.1) is 6.92 Å². The maximum atomic E-state index is 14.1. The molecule has 11 heteroatoms. The second kappa shape index (κ2) is 8.57. The smallest absolute Gasteiger partial charge is 0.346 e. The number of alkyl halides is 3. The number of hydrogen-bond donors (Lipinski definition) is 3. The van der Waals surface area contributed by atoms with E-state index in [1.54, 1.807) is 25.1 Å². The Morgan fingerprint density at radius 2 is 1.91 bits per heavy atom. The van der Waals surface area contributed by atoms with Gasteiger partial charge < -0.3 is 5.32 Å². The Labute approximate surface area is 191 Å². The lowest BCUT2D eigenvalue weighted by Gasteiger charge is -2.28. The molecule has 2 heterocycles. The zero-order chi connectivity index (χ0) is 23.1. The molecule has 1 amide bonds. The number of halogens is 5. The summed E-state index contributed by atoms with van der Waals surface area (Å²) in [6.45, 7) is 2.54. The third-order valence-electron chi connectivity index (χ3n) is 5.22. The van der Waals surface area contributed by atoms with Gasteiger partial charge in [-0.25, -0.2) is 5.48 Å². The highest BCUT2D eigenvalue weighted by Gasteiger charge is 2.59. The zero-order valence-electron chi connectivity index (χ0n) is 16.6. The lowest BCUT2D eigenvalue weighted by atomic mass is 9.91.